The Morgan fingerprint density at radius 3 is 1.35 bits per heavy atom. The van der Waals surface area contributed by atoms with E-state index in [1.165, 1.54) is 0 Å². The van der Waals surface area contributed by atoms with Crippen LogP contribution in [-0.2, 0) is 9.47 Å². The van der Waals surface area contributed by atoms with E-state index in [0.29, 0.717) is 53.8 Å². The first kappa shape index (κ1) is 37.6. The summed E-state index contributed by atoms with van der Waals surface area (Å²) in [5, 5.41) is 0. The monoisotopic (exact) mass is 663 g/mol. The van der Waals surface area contributed by atoms with E-state index in [1.54, 1.807) is 20.3 Å². The summed E-state index contributed by atoms with van der Waals surface area (Å²) in [5.74, 6) is 3.10. The third-order valence-corrected chi connectivity index (χ3v) is 7.22. The van der Waals surface area contributed by atoms with Crippen LogP contribution in [0.1, 0.15) is 77.6 Å². The molecular weight excluding hydrogens is 614 g/mol. The Morgan fingerprint density at radius 2 is 0.938 bits per heavy atom. The molecule has 0 aliphatic carbocycles. The van der Waals surface area contributed by atoms with Crippen molar-refractivity contribution in [1.82, 2.24) is 34.9 Å². The van der Waals surface area contributed by atoms with Crippen molar-refractivity contribution in [3.05, 3.63) is 41.7 Å². The van der Waals surface area contributed by atoms with Crippen LogP contribution < -0.4 is 32.4 Å². The van der Waals surface area contributed by atoms with Gasteiger partial charge in [-0.15, -0.1) is 0 Å². The molecule has 3 heterocycles. The Kier molecular flexibility index (Phi) is 14.0. The first-order valence-electron chi connectivity index (χ1n) is 15.8. The highest BCUT2D eigenvalue weighted by Gasteiger charge is 2.14. The number of nitrogens with two attached hydrogens (primary N) is 4. The van der Waals surface area contributed by atoms with Crippen molar-refractivity contribution in [1.29, 1.82) is 0 Å². The highest BCUT2D eigenvalue weighted by molar-refractivity contribution is 5.62. The fourth-order valence-electron chi connectivity index (χ4n) is 4.16. The molecule has 1 aromatic carbocycles. The van der Waals surface area contributed by atoms with Gasteiger partial charge >= 0.3 is 0 Å². The van der Waals surface area contributed by atoms with Crippen LogP contribution in [0, 0.1) is 0 Å². The standard InChI is InChI=1S/C19H29N5O4.C14H20N6/c1-12(25-3)7-9-27-15-6-5-14(17-22-18(20)24-19(21)23-17)11-16(15)28-10-8-13(2)26-4;1-7(2)10-5-9(6-11(17-10)8(3)4)12-18-13(15)20-14(16)19-12/h5-6,11-13H,7-10H2,1-4H3,(H4,20,21,22,23,24);5-8H,1-4H3,(H4,15,16,18,19,20). The molecule has 0 saturated carbocycles. The van der Waals surface area contributed by atoms with E-state index in [2.05, 4.69) is 62.6 Å². The summed E-state index contributed by atoms with van der Waals surface area (Å²) in [7, 11) is 3.35. The molecule has 0 fully saturated rings. The maximum absolute atomic E-state index is 5.95. The van der Waals surface area contributed by atoms with Crippen molar-refractivity contribution in [3.8, 4) is 34.3 Å². The van der Waals surface area contributed by atoms with Gasteiger partial charge in [0.25, 0.3) is 0 Å². The van der Waals surface area contributed by atoms with Crippen molar-refractivity contribution in [2.75, 3.05) is 50.4 Å². The van der Waals surface area contributed by atoms with E-state index in [1.807, 2.05) is 38.1 Å². The molecule has 260 valence electrons. The Bertz CT molecular complexity index is 1550. The highest BCUT2D eigenvalue weighted by atomic mass is 16.5. The lowest BCUT2D eigenvalue weighted by Gasteiger charge is -2.16. The number of anilines is 4. The van der Waals surface area contributed by atoms with Gasteiger partial charge in [-0.3, -0.25) is 4.98 Å². The van der Waals surface area contributed by atoms with Crippen molar-refractivity contribution < 1.29 is 18.9 Å². The summed E-state index contributed by atoms with van der Waals surface area (Å²) < 4.78 is 22.4. The van der Waals surface area contributed by atoms with E-state index in [0.717, 1.165) is 29.8 Å². The molecule has 8 N–H and O–H groups in total. The molecule has 0 spiro atoms. The van der Waals surface area contributed by atoms with Crippen LogP contribution in [0.5, 0.6) is 11.5 Å². The second-order valence-corrected chi connectivity index (χ2v) is 11.8. The van der Waals surface area contributed by atoms with E-state index in [-0.39, 0.29) is 36.0 Å². The molecule has 2 unspecified atom stereocenters. The first-order valence-corrected chi connectivity index (χ1v) is 15.8. The minimum Gasteiger partial charge on any atom is -0.490 e. The number of nitrogen functional groups attached to an aromatic ring is 4. The number of benzene rings is 1. The predicted molar refractivity (Wildman–Crippen MR) is 187 cm³/mol. The molecule has 0 amide bonds. The molecule has 48 heavy (non-hydrogen) atoms. The lowest BCUT2D eigenvalue weighted by molar-refractivity contribution is 0.0907. The normalized spacial score (nSPS) is 12.4. The summed E-state index contributed by atoms with van der Waals surface area (Å²) in [6, 6.07) is 9.41. The van der Waals surface area contributed by atoms with Gasteiger partial charge in [0.15, 0.2) is 23.1 Å². The zero-order valence-electron chi connectivity index (χ0n) is 29.1. The zero-order chi connectivity index (χ0) is 35.4. The largest absolute Gasteiger partial charge is 0.490 e. The fraction of sp³-hybridized carbons (Fsp3) is 0.485. The third-order valence-electron chi connectivity index (χ3n) is 7.22. The average molecular weight is 664 g/mol. The Hall–Kier alpha value is -4.89. The quantitative estimate of drug-likeness (QED) is 0.144. The molecule has 0 radical (unpaired) electrons. The summed E-state index contributed by atoms with van der Waals surface area (Å²) >= 11 is 0. The maximum Gasteiger partial charge on any atom is 0.225 e. The van der Waals surface area contributed by atoms with Gasteiger partial charge in [-0.2, -0.15) is 29.9 Å². The molecule has 4 aromatic rings. The molecule has 0 aliphatic rings. The van der Waals surface area contributed by atoms with E-state index >= 15 is 0 Å². The Morgan fingerprint density at radius 1 is 0.521 bits per heavy atom. The summed E-state index contributed by atoms with van der Waals surface area (Å²) in [4.78, 5) is 28.8. The zero-order valence-corrected chi connectivity index (χ0v) is 29.1. The first-order chi connectivity index (χ1) is 22.8. The van der Waals surface area contributed by atoms with Crippen LogP contribution in [0.15, 0.2) is 30.3 Å². The number of hydrogen-bond donors (Lipinski definition) is 4. The smallest absolute Gasteiger partial charge is 0.225 e. The SMILES string of the molecule is CC(C)c1cc(-c2nc(N)nc(N)n2)cc(C(C)C)n1.COC(C)CCOc1ccc(-c2nc(N)nc(N)n2)cc1OCCC(C)OC. The molecule has 3 aromatic heterocycles. The molecule has 0 bridgehead atoms. The fourth-order valence-corrected chi connectivity index (χ4v) is 4.16. The van der Waals surface area contributed by atoms with E-state index in [4.69, 9.17) is 41.9 Å². The number of hydrogen-bond acceptors (Lipinski definition) is 15. The van der Waals surface area contributed by atoms with Gasteiger partial charge < -0.3 is 41.9 Å². The predicted octanol–water partition coefficient (Wildman–Crippen LogP) is 4.66. The van der Waals surface area contributed by atoms with Crippen LogP contribution in [0.2, 0.25) is 0 Å². The van der Waals surface area contributed by atoms with Crippen LogP contribution in [-0.4, -0.2) is 74.5 Å². The van der Waals surface area contributed by atoms with Crippen molar-refractivity contribution >= 4 is 23.8 Å². The van der Waals surface area contributed by atoms with Crippen molar-refractivity contribution in [3.63, 3.8) is 0 Å². The third kappa shape index (κ3) is 11.4. The molecule has 0 saturated heterocycles. The van der Waals surface area contributed by atoms with Gasteiger partial charge in [-0.05, 0) is 56.0 Å². The number of pyridine rings is 1. The number of methoxy groups -OCH3 is 2. The number of nitrogens with zero attached hydrogens (tertiary/aromatic N) is 7. The summed E-state index contributed by atoms with van der Waals surface area (Å²) in [6.45, 7) is 13.4. The maximum atomic E-state index is 5.95. The van der Waals surface area contributed by atoms with Gasteiger partial charge in [-0.1, -0.05) is 27.7 Å². The minimum absolute atomic E-state index is 0.0627. The van der Waals surface area contributed by atoms with Crippen LogP contribution >= 0.6 is 0 Å². The Labute approximate surface area is 282 Å². The van der Waals surface area contributed by atoms with E-state index < -0.39 is 0 Å². The Balaban J connectivity index is 0.000000275. The number of aromatic nitrogens is 7. The molecular formula is C33H49N11O4. The minimum atomic E-state index is 0.0627. The highest BCUT2D eigenvalue weighted by Crippen LogP contribution is 2.32. The second-order valence-electron chi connectivity index (χ2n) is 11.8. The summed E-state index contributed by atoms with van der Waals surface area (Å²) in [5.41, 5.74) is 26.2. The molecule has 15 nitrogen and oxygen atoms in total. The van der Waals surface area contributed by atoms with Gasteiger partial charge in [0.1, 0.15) is 0 Å². The van der Waals surface area contributed by atoms with E-state index in [9.17, 15) is 0 Å². The van der Waals surface area contributed by atoms with Gasteiger partial charge in [0.05, 0.1) is 25.4 Å². The summed E-state index contributed by atoms with van der Waals surface area (Å²) in [6.07, 6.45) is 1.71. The van der Waals surface area contributed by atoms with Crippen molar-refractivity contribution in [2.45, 2.75) is 78.4 Å². The molecule has 15 heteroatoms. The lowest BCUT2D eigenvalue weighted by Crippen LogP contribution is -2.13. The second kappa shape index (κ2) is 17.9. The topological polar surface area (TPSA) is 231 Å². The van der Waals surface area contributed by atoms with Gasteiger partial charge in [0.2, 0.25) is 23.8 Å². The lowest BCUT2D eigenvalue weighted by atomic mass is 10.0. The average Bonchev–Trinajstić information content (AvgIpc) is 3.04. The van der Waals surface area contributed by atoms with Crippen LogP contribution in [0.3, 0.4) is 0 Å². The number of ether oxygens (including phenoxy) is 4. The van der Waals surface area contributed by atoms with Crippen LogP contribution in [0.25, 0.3) is 22.8 Å². The van der Waals surface area contributed by atoms with Crippen molar-refractivity contribution in [2.24, 2.45) is 0 Å². The number of rotatable bonds is 14. The molecule has 4 rings (SSSR count). The van der Waals surface area contributed by atoms with Gasteiger partial charge in [-0.25, -0.2) is 0 Å². The molecule has 0 aliphatic heterocycles. The van der Waals surface area contributed by atoms with Crippen LogP contribution in [0.4, 0.5) is 23.8 Å². The molecule has 2 atom stereocenters. The van der Waals surface area contributed by atoms with Gasteiger partial charge in [0, 0.05) is 49.6 Å².